The molecule has 2 aromatic heterocycles. The number of hydrogen-bond donors (Lipinski definition) is 2. The maximum absolute atomic E-state index is 13.8. The van der Waals surface area contributed by atoms with E-state index in [1.807, 2.05) is 6.92 Å². The van der Waals surface area contributed by atoms with Gasteiger partial charge >= 0.3 is 0 Å². The summed E-state index contributed by atoms with van der Waals surface area (Å²) in [6, 6.07) is 3.61. The topological polar surface area (TPSA) is 76.1 Å². The van der Waals surface area contributed by atoms with E-state index < -0.39 is 17.5 Å². The van der Waals surface area contributed by atoms with E-state index in [9.17, 15) is 13.6 Å². The quantitative estimate of drug-likeness (QED) is 0.637. The second-order valence-corrected chi connectivity index (χ2v) is 7.86. The molecule has 29 heavy (non-hydrogen) atoms. The summed E-state index contributed by atoms with van der Waals surface area (Å²) in [5, 5.41) is 6.67. The molecule has 1 amide bonds. The average Bonchev–Trinajstić information content (AvgIpc) is 3.34. The highest BCUT2D eigenvalue weighted by Gasteiger charge is 2.21. The molecular formula is C20H20F2N4O2S. The highest BCUT2D eigenvalue weighted by molar-refractivity contribution is 7.20. The first-order valence-electron chi connectivity index (χ1n) is 9.35. The molecule has 3 aromatic rings. The van der Waals surface area contributed by atoms with Crippen LogP contribution in [0.15, 0.2) is 24.5 Å². The van der Waals surface area contributed by atoms with E-state index in [1.54, 1.807) is 0 Å². The van der Waals surface area contributed by atoms with Crippen molar-refractivity contribution in [3.05, 3.63) is 52.2 Å². The molecule has 0 unspecified atom stereocenters. The molecule has 1 saturated heterocycles. The van der Waals surface area contributed by atoms with Crippen LogP contribution in [0.4, 0.5) is 14.6 Å². The fraction of sp³-hybridized carbons (Fsp3) is 0.350. The highest BCUT2D eigenvalue weighted by Crippen LogP contribution is 2.33. The van der Waals surface area contributed by atoms with Gasteiger partial charge in [-0.3, -0.25) is 4.79 Å². The number of anilines is 1. The molecule has 1 aliphatic heterocycles. The van der Waals surface area contributed by atoms with Gasteiger partial charge in [0, 0.05) is 25.3 Å². The Morgan fingerprint density at radius 2 is 2.10 bits per heavy atom. The number of aromatic nitrogens is 2. The van der Waals surface area contributed by atoms with Gasteiger partial charge in [0.1, 0.15) is 28.6 Å². The number of amides is 1. The zero-order chi connectivity index (χ0) is 20.4. The Morgan fingerprint density at radius 1 is 1.31 bits per heavy atom. The summed E-state index contributed by atoms with van der Waals surface area (Å²) < 4.78 is 33.2. The van der Waals surface area contributed by atoms with Crippen molar-refractivity contribution in [1.29, 1.82) is 0 Å². The maximum Gasteiger partial charge on any atom is 0.261 e. The Bertz CT molecular complexity index is 1030. The molecule has 1 aliphatic rings. The monoisotopic (exact) mass is 418 g/mol. The van der Waals surface area contributed by atoms with Crippen molar-refractivity contribution >= 4 is 33.3 Å². The number of nitrogens with zero attached hydrogens (tertiary/aromatic N) is 2. The Labute approximate surface area is 170 Å². The maximum atomic E-state index is 13.8. The third-order valence-electron chi connectivity index (χ3n) is 4.94. The summed E-state index contributed by atoms with van der Waals surface area (Å²) in [6.45, 7) is 2.99. The molecule has 0 bridgehead atoms. The second-order valence-electron chi connectivity index (χ2n) is 6.86. The number of carbonyl (C=O) groups is 1. The van der Waals surface area contributed by atoms with Gasteiger partial charge in [0.25, 0.3) is 5.91 Å². The van der Waals surface area contributed by atoms with E-state index in [0.717, 1.165) is 42.5 Å². The Kier molecular flexibility index (Phi) is 5.68. The van der Waals surface area contributed by atoms with E-state index in [2.05, 4.69) is 20.6 Å². The SMILES string of the molecule is Cc1c(C(=O)NCc2c(F)cccc2F)sc2ncnc(NC[C@@H]3CCCO3)c12. The van der Waals surface area contributed by atoms with Gasteiger partial charge < -0.3 is 15.4 Å². The van der Waals surface area contributed by atoms with E-state index in [-0.39, 0.29) is 18.2 Å². The van der Waals surface area contributed by atoms with E-state index >= 15 is 0 Å². The summed E-state index contributed by atoms with van der Waals surface area (Å²) in [4.78, 5) is 22.4. The third kappa shape index (κ3) is 4.06. The normalized spacial score (nSPS) is 16.3. The molecule has 2 N–H and O–H groups in total. The van der Waals surface area contributed by atoms with Gasteiger partial charge in [-0.2, -0.15) is 0 Å². The molecule has 0 spiro atoms. The highest BCUT2D eigenvalue weighted by atomic mass is 32.1. The van der Waals surface area contributed by atoms with Crippen LogP contribution >= 0.6 is 11.3 Å². The smallest absolute Gasteiger partial charge is 0.261 e. The molecule has 0 saturated carbocycles. The van der Waals surface area contributed by atoms with Gasteiger partial charge in [-0.25, -0.2) is 18.7 Å². The molecule has 0 aliphatic carbocycles. The molecule has 1 atom stereocenters. The first-order valence-corrected chi connectivity index (χ1v) is 10.2. The summed E-state index contributed by atoms with van der Waals surface area (Å²) in [5.41, 5.74) is 0.560. The number of aryl methyl sites for hydroxylation is 1. The van der Waals surface area contributed by atoms with E-state index in [0.29, 0.717) is 22.1 Å². The number of carbonyl (C=O) groups excluding carboxylic acids is 1. The molecule has 9 heteroatoms. The number of rotatable bonds is 6. The summed E-state index contributed by atoms with van der Waals surface area (Å²) in [6.07, 6.45) is 3.66. The molecule has 1 fully saturated rings. The van der Waals surface area contributed by atoms with Crippen LogP contribution in [-0.2, 0) is 11.3 Å². The van der Waals surface area contributed by atoms with Gasteiger partial charge in [0.2, 0.25) is 0 Å². The number of halogens is 2. The first-order chi connectivity index (χ1) is 14.0. The Morgan fingerprint density at radius 3 is 2.83 bits per heavy atom. The number of fused-ring (bicyclic) bond motifs is 1. The average molecular weight is 418 g/mol. The summed E-state index contributed by atoms with van der Waals surface area (Å²) >= 11 is 1.23. The molecule has 152 valence electrons. The standard InChI is InChI=1S/C20H20F2N4O2S/c1-11-16-18(23-8-12-4-3-7-28-12)25-10-26-20(16)29-17(11)19(27)24-9-13-14(21)5-2-6-15(13)22/h2,5-6,10,12H,3-4,7-9H2,1H3,(H,24,27)(H,23,25,26)/t12-/m0/s1. The van der Waals surface area contributed by atoms with Crippen LogP contribution in [0.3, 0.4) is 0 Å². The van der Waals surface area contributed by atoms with Crippen LogP contribution in [0.2, 0.25) is 0 Å². The minimum Gasteiger partial charge on any atom is -0.376 e. The zero-order valence-corrected chi connectivity index (χ0v) is 16.6. The van der Waals surface area contributed by atoms with Crippen LogP contribution in [0.25, 0.3) is 10.2 Å². The molecule has 0 radical (unpaired) electrons. The largest absolute Gasteiger partial charge is 0.376 e. The van der Waals surface area contributed by atoms with Gasteiger partial charge in [-0.1, -0.05) is 6.07 Å². The summed E-state index contributed by atoms with van der Waals surface area (Å²) in [5.74, 6) is -1.13. The second kappa shape index (κ2) is 8.38. The van der Waals surface area contributed by atoms with Crippen LogP contribution < -0.4 is 10.6 Å². The minimum atomic E-state index is -0.690. The summed E-state index contributed by atoms with van der Waals surface area (Å²) in [7, 11) is 0. The fourth-order valence-corrected chi connectivity index (χ4v) is 4.45. The van der Waals surface area contributed by atoms with Crippen LogP contribution in [0.1, 0.15) is 33.6 Å². The fourth-order valence-electron chi connectivity index (χ4n) is 3.39. The minimum absolute atomic E-state index is 0.150. The number of hydrogen-bond acceptors (Lipinski definition) is 6. The molecule has 1 aromatic carbocycles. The molecule has 3 heterocycles. The Hall–Kier alpha value is -2.65. The predicted octanol–water partition coefficient (Wildman–Crippen LogP) is 3.80. The van der Waals surface area contributed by atoms with Crippen LogP contribution in [-0.4, -0.2) is 35.1 Å². The first kappa shape index (κ1) is 19.7. The van der Waals surface area contributed by atoms with Crippen molar-refractivity contribution in [2.24, 2.45) is 0 Å². The lowest BCUT2D eigenvalue weighted by molar-refractivity contribution is 0.0954. The zero-order valence-electron chi connectivity index (χ0n) is 15.8. The van der Waals surface area contributed by atoms with Crippen molar-refractivity contribution in [3.8, 4) is 0 Å². The van der Waals surface area contributed by atoms with E-state index in [4.69, 9.17) is 4.74 Å². The number of benzene rings is 1. The van der Waals surface area contributed by atoms with Gasteiger partial charge in [0.05, 0.1) is 16.4 Å². The van der Waals surface area contributed by atoms with Gasteiger partial charge in [-0.05, 0) is 37.5 Å². The lowest BCUT2D eigenvalue weighted by atomic mass is 10.1. The molecule has 4 rings (SSSR count). The van der Waals surface area contributed by atoms with Gasteiger partial charge in [0.15, 0.2) is 0 Å². The predicted molar refractivity (Wildman–Crippen MR) is 107 cm³/mol. The third-order valence-corrected chi connectivity index (χ3v) is 6.14. The van der Waals surface area contributed by atoms with Crippen molar-refractivity contribution in [1.82, 2.24) is 15.3 Å². The van der Waals surface area contributed by atoms with Crippen molar-refractivity contribution in [2.75, 3.05) is 18.5 Å². The van der Waals surface area contributed by atoms with Crippen molar-refractivity contribution in [3.63, 3.8) is 0 Å². The van der Waals surface area contributed by atoms with Crippen molar-refractivity contribution in [2.45, 2.75) is 32.4 Å². The number of thiophene rings is 1. The lowest BCUT2D eigenvalue weighted by Crippen LogP contribution is -2.23. The van der Waals surface area contributed by atoms with Crippen molar-refractivity contribution < 1.29 is 18.3 Å². The number of nitrogens with one attached hydrogen (secondary N) is 2. The lowest BCUT2D eigenvalue weighted by Gasteiger charge is -2.12. The molecule has 6 nitrogen and oxygen atoms in total. The van der Waals surface area contributed by atoms with Crippen LogP contribution in [0.5, 0.6) is 0 Å². The van der Waals surface area contributed by atoms with Gasteiger partial charge in [-0.15, -0.1) is 11.3 Å². The number of ether oxygens (including phenoxy) is 1. The van der Waals surface area contributed by atoms with Crippen LogP contribution in [0, 0.1) is 18.6 Å². The Balaban J connectivity index is 1.53. The van der Waals surface area contributed by atoms with E-state index in [1.165, 1.54) is 23.7 Å². The molecular weight excluding hydrogens is 398 g/mol.